The van der Waals surface area contributed by atoms with E-state index in [2.05, 4.69) is 5.32 Å². The number of nitrogens with one attached hydrogen (secondary N) is 1. The predicted octanol–water partition coefficient (Wildman–Crippen LogP) is 5.11. The number of benzene rings is 3. The molecule has 0 fully saturated rings. The number of ether oxygens (including phenoxy) is 1. The molecule has 1 amide bonds. The molecule has 0 atom stereocenters. The quantitative estimate of drug-likeness (QED) is 0.626. The van der Waals surface area contributed by atoms with Gasteiger partial charge in [-0.3, -0.25) is 4.79 Å². The lowest BCUT2D eigenvalue weighted by Crippen LogP contribution is -2.21. The molecule has 0 unspecified atom stereocenters. The van der Waals surface area contributed by atoms with E-state index in [4.69, 9.17) is 16.3 Å². The van der Waals surface area contributed by atoms with E-state index in [-0.39, 0.29) is 6.61 Å². The fourth-order valence-corrected chi connectivity index (χ4v) is 2.81. The van der Waals surface area contributed by atoms with Crippen LogP contribution in [0.2, 0.25) is 5.02 Å². The summed E-state index contributed by atoms with van der Waals surface area (Å²) in [5.41, 5.74) is 3.77. The summed E-state index contributed by atoms with van der Waals surface area (Å²) >= 11 is 5.88. The maximum absolute atomic E-state index is 12.5. The summed E-state index contributed by atoms with van der Waals surface area (Å²) in [6, 6.07) is 21.8. The summed E-state index contributed by atoms with van der Waals surface area (Å²) < 4.78 is 5.19. The van der Waals surface area contributed by atoms with Crippen molar-refractivity contribution in [1.82, 2.24) is 0 Å². The summed E-state index contributed by atoms with van der Waals surface area (Å²) in [5.74, 6) is -0.981. The van der Waals surface area contributed by atoms with Gasteiger partial charge in [0.25, 0.3) is 5.91 Å². The highest BCUT2D eigenvalue weighted by Crippen LogP contribution is 2.24. The second-order valence-electron chi connectivity index (χ2n) is 6.05. The van der Waals surface area contributed by atoms with Gasteiger partial charge >= 0.3 is 5.97 Å². The number of carbonyl (C=O) groups is 2. The van der Waals surface area contributed by atoms with Gasteiger partial charge < -0.3 is 10.1 Å². The Labute approximate surface area is 162 Å². The van der Waals surface area contributed by atoms with E-state index < -0.39 is 11.9 Å². The lowest BCUT2D eigenvalue weighted by Gasteiger charge is -2.10. The lowest BCUT2D eigenvalue weighted by atomic mass is 9.99. The van der Waals surface area contributed by atoms with Crippen molar-refractivity contribution in [3.05, 3.63) is 88.9 Å². The zero-order chi connectivity index (χ0) is 19.2. The van der Waals surface area contributed by atoms with Crippen molar-refractivity contribution in [3.8, 4) is 11.1 Å². The molecule has 0 saturated heterocycles. The minimum atomic E-state index is -0.549. The van der Waals surface area contributed by atoms with Crippen LogP contribution < -0.4 is 5.32 Å². The number of rotatable bonds is 5. The standard InChI is InChI=1S/C22H18ClNO3/c1-15-9-11-16(12-10-15)19-7-2-3-8-20(19)22(26)27-14-21(25)24-18-6-4-5-17(23)13-18/h2-13H,14H2,1H3,(H,24,25). The molecule has 0 radical (unpaired) electrons. The monoisotopic (exact) mass is 379 g/mol. The Morgan fingerprint density at radius 2 is 1.70 bits per heavy atom. The maximum Gasteiger partial charge on any atom is 0.339 e. The minimum absolute atomic E-state index is 0.381. The molecule has 0 saturated carbocycles. The summed E-state index contributed by atoms with van der Waals surface area (Å²) in [7, 11) is 0. The number of hydrogen-bond acceptors (Lipinski definition) is 3. The number of aryl methyl sites for hydroxylation is 1. The van der Waals surface area contributed by atoms with Gasteiger partial charge in [-0.2, -0.15) is 0 Å². The van der Waals surface area contributed by atoms with Gasteiger partial charge in [-0.25, -0.2) is 4.79 Å². The molecule has 0 aliphatic heterocycles. The smallest absolute Gasteiger partial charge is 0.339 e. The fourth-order valence-electron chi connectivity index (χ4n) is 2.62. The predicted molar refractivity (Wildman–Crippen MR) is 107 cm³/mol. The third-order valence-corrected chi connectivity index (χ3v) is 4.19. The highest BCUT2D eigenvalue weighted by Gasteiger charge is 2.15. The Balaban J connectivity index is 1.68. The number of anilines is 1. The molecule has 5 heteroatoms. The molecule has 136 valence electrons. The minimum Gasteiger partial charge on any atom is -0.452 e. The molecular weight excluding hydrogens is 362 g/mol. The van der Waals surface area contributed by atoms with Crippen molar-refractivity contribution in [3.63, 3.8) is 0 Å². The Bertz CT molecular complexity index is 967. The number of esters is 1. The van der Waals surface area contributed by atoms with Crippen molar-refractivity contribution in [2.24, 2.45) is 0 Å². The average molecular weight is 380 g/mol. The SMILES string of the molecule is Cc1ccc(-c2ccccc2C(=O)OCC(=O)Nc2cccc(Cl)c2)cc1. The molecule has 0 aliphatic rings. The number of halogens is 1. The first-order valence-corrected chi connectivity index (χ1v) is 8.79. The van der Waals surface area contributed by atoms with Crippen LogP contribution in [0.25, 0.3) is 11.1 Å². The third-order valence-electron chi connectivity index (χ3n) is 3.95. The number of amides is 1. The first-order chi connectivity index (χ1) is 13.0. The van der Waals surface area contributed by atoms with Gasteiger partial charge in [0.2, 0.25) is 0 Å². The van der Waals surface area contributed by atoms with E-state index in [0.717, 1.165) is 16.7 Å². The van der Waals surface area contributed by atoms with E-state index >= 15 is 0 Å². The van der Waals surface area contributed by atoms with Crippen LogP contribution in [0, 0.1) is 6.92 Å². The number of carbonyl (C=O) groups excluding carboxylic acids is 2. The zero-order valence-electron chi connectivity index (χ0n) is 14.7. The van der Waals surface area contributed by atoms with Gasteiger partial charge in [0, 0.05) is 10.7 Å². The summed E-state index contributed by atoms with van der Waals surface area (Å²) in [4.78, 5) is 24.5. The second kappa shape index (κ2) is 8.52. The number of hydrogen-bond donors (Lipinski definition) is 1. The van der Waals surface area contributed by atoms with Crippen LogP contribution in [0.1, 0.15) is 15.9 Å². The lowest BCUT2D eigenvalue weighted by molar-refractivity contribution is -0.119. The second-order valence-corrected chi connectivity index (χ2v) is 6.48. The highest BCUT2D eigenvalue weighted by atomic mass is 35.5. The molecule has 27 heavy (non-hydrogen) atoms. The summed E-state index contributed by atoms with van der Waals surface area (Å²) in [6.07, 6.45) is 0. The van der Waals surface area contributed by atoms with Gasteiger partial charge in [-0.1, -0.05) is 65.7 Å². The van der Waals surface area contributed by atoms with E-state index in [1.165, 1.54) is 0 Å². The normalized spacial score (nSPS) is 10.3. The fraction of sp³-hybridized carbons (Fsp3) is 0.0909. The van der Waals surface area contributed by atoms with Crippen LogP contribution in [0.4, 0.5) is 5.69 Å². The van der Waals surface area contributed by atoms with Crippen molar-refractivity contribution >= 4 is 29.2 Å². The van der Waals surface area contributed by atoms with E-state index in [0.29, 0.717) is 16.3 Å². The van der Waals surface area contributed by atoms with Crippen molar-refractivity contribution < 1.29 is 14.3 Å². The van der Waals surface area contributed by atoms with E-state index in [9.17, 15) is 9.59 Å². The largest absolute Gasteiger partial charge is 0.452 e. The Morgan fingerprint density at radius 1 is 0.963 bits per heavy atom. The third kappa shape index (κ3) is 4.96. The van der Waals surface area contributed by atoms with Gasteiger partial charge in [0.1, 0.15) is 0 Å². The van der Waals surface area contributed by atoms with Crippen molar-refractivity contribution in [1.29, 1.82) is 0 Å². The molecule has 0 aromatic heterocycles. The maximum atomic E-state index is 12.5. The topological polar surface area (TPSA) is 55.4 Å². The van der Waals surface area contributed by atoms with Crippen LogP contribution in [0.3, 0.4) is 0 Å². The van der Waals surface area contributed by atoms with Crippen LogP contribution in [0.15, 0.2) is 72.8 Å². The molecule has 3 aromatic rings. The summed E-state index contributed by atoms with van der Waals surface area (Å²) in [5, 5.41) is 3.15. The van der Waals surface area contributed by atoms with Crippen molar-refractivity contribution in [2.75, 3.05) is 11.9 Å². The molecule has 0 aliphatic carbocycles. The van der Waals surface area contributed by atoms with Crippen LogP contribution >= 0.6 is 11.6 Å². The van der Waals surface area contributed by atoms with Gasteiger partial charge in [-0.05, 0) is 42.3 Å². The molecule has 1 N–H and O–H groups in total. The molecule has 0 heterocycles. The van der Waals surface area contributed by atoms with E-state index in [1.807, 2.05) is 43.3 Å². The molecule has 4 nitrogen and oxygen atoms in total. The Morgan fingerprint density at radius 3 is 2.44 bits per heavy atom. The van der Waals surface area contributed by atoms with Gasteiger partial charge in [0.15, 0.2) is 6.61 Å². The van der Waals surface area contributed by atoms with Crippen molar-refractivity contribution in [2.45, 2.75) is 6.92 Å². The first kappa shape index (κ1) is 18.7. The van der Waals surface area contributed by atoms with Crippen LogP contribution in [-0.4, -0.2) is 18.5 Å². The zero-order valence-corrected chi connectivity index (χ0v) is 15.5. The molecule has 0 bridgehead atoms. The summed E-state index contributed by atoms with van der Waals surface area (Å²) in [6.45, 7) is 1.62. The van der Waals surface area contributed by atoms with Gasteiger partial charge in [0.05, 0.1) is 5.56 Å². The highest BCUT2D eigenvalue weighted by molar-refractivity contribution is 6.30. The average Bonchev–Trinajstić information content (AvgIpc) is 2.67. The van der Waals surface area contributed by atoms with Crippen LogP contribution in [-0.2, 0) is 9.53 Å². The first-order valence-electron chi connectivity index (χ1n) is 8.41. The Kier molecular flexibility index (Phi) is 5.89. The molecular formula is C22H18ClNO3. The Hall–Kier alpha value is -3.11. The van der Waals surface area contributed by atoms with Gasteiger partial charge in [-0.15, -0.1) is 0 Å². The van der Waals surface area contributed by atoms with E-state index in [1.54, 1.807) is 36.4 Å². The molecule has 3 rings (SSSR count). The van der Waals surface area contributed by atoms with Crippen LogP contribution in [0.5, 0.6) is 0 Å². The molecule has 0 spiro atoms. The molecule has 3 aromatic carbocycles.